The summed E-state index contributed by atoms with van der Waals surface area (Å²) >= 11 is 1.68. The predicted molar refractivity (Wildman–Crippen MR) is 77.3 cm³/mol. The van der Waals surface area contributed by atoms with Crippen LogP contribution in [0, 0.1) is 0 Å². The molecule has 0 bridgehead atoms. The molecule has 0 fully saturated rings. The number of rotatable bonds is 2. The Hall–Kier alpha value is -1.00. The number of fused-ring (bicyclic) bond motifs is 1. The SMILES string of the molecule is CC(C)(C)S(=O)/N=C/c1cccc2ccsc12. The van der Waals surface area contributed by atoms with E-state index in [1.54, 1.807) is 17.6 Å². The first-order chi connectivity index (χ1) is 7.98. The van der Waals surface area contributed by atoms with Gasteiger partial charge in [-0.15, -0.1) is 11.3 Å². The predicted octanol–water partition coefficient (Wildman–Crippen LogP) is 3.78. The Morgan fingerprint density at radius 1 is 1.29 bits per heavy atom. The summed E-state index contributed by atoms with van der Waals surface area (Å²) in [6, 6.07) is 8.15. The zero-order chi connectivity index (χ0) is 12.5. The highest BCUT2D eigenvalue weighted by molar-refractivity contribution is 7.85. The van der Waals surface area contributed by atoms with E-state index in [1.807, 2.05) is 32.9 Å². The lowest BCUT2D eigenvalue weighted by Gasteiger charge is -2.12. The van der Waals surface area contributed by atoms with Crippen molar-refractivity contribution >= 4 is 38.6 Å². The summed E-state index contributed by atoms with van der Waals surface area (Å²) in [6.07, 6.45) is 1.72. The highest BCUT2D eigenvalue weighted by Gasteiger charge is 2.18. The molecular formula is C13H15NOS2. The van der Waals surface area contributed by atoms with Gasteiger partial charge in [-0.05, 0) is 37.6 Å². The van der Waals surface area contributed by atoms with Crippen molar-refractivity contribution in [3.8, 4) is 0 Å². The van der Waals surface area contributed by atoms with Crippen molar-refractivity contribution in [2.24, 2.45) is 4.40 Å². The lowest BCUT2D eigenvalue weighted by atomic mass is 10.2. The van der Waals surface area contributed by atoms with Crippen LogP contribution in [0.1, 0.15) is 26.3 Å². The van der Waals surface area contributed by atoms with Gasteiger partial charge in [-0.3, -0.25) is 0 Å². The van der Waals surface area contributed by atoms with Crippen molar-refractivity contribution in [3.63, 3.8) is 0 Å². The van der Waals surface area contributed by atoms with Crippen molar-refractivity contribution in [2.75, 3.05) is 0 Å². The van der Waals surface area contributed by atoms with Crippen LogP contribution in [0.2, 0.25) is 0 Å². The van der Waals surface area contributed by atoms with Crippen LogP contribution < -0.4 is 0 Å². The highest BCUT2D eigenvalue weighted by atomic mass is 32.2. The van der Waals surface area contributed by atoms with Crippen LogP contribution in [0.3, 0.4) is 0 Å². The lowest BCUT2D eigenvalue weighted by molar-refractivity contribution is 0.651. The maximum absolute atomic E-state index is 11.8. The third-order valence-electron chi connectivity index (χ3n) is 2.32. The van der Waals surface area contributed by atoms with Gasteiger partial charge in [0.2, 0.25) is 0 Å². The van der Waals surface area contributed by atoms with Crippen LogP contribution in [0.5, 0.6) is 0 Å². The molecule has 2 nitrogen and oxygen atoms in total. The summed E-state index contributed by atoms with van der Waals surface area (Å²) in [5, 5.41) is 3.27. The van der Waals surface area contributed by atoms with Crippen molar-refractivity contribution in [1.29, 1.82) is 0 Å². The molecule has 4 heteroatoms. The standard InChI is InChI=1S/C13H15NOS2/c1-13(2,3)17(15)14-9-11-6-4-5-10-7-8-16-12(10)11/h4-9H,1-3H3/b14-9+. The third-order valence-corrected chi connectivity index (χ3v) is 4.64. The van der Waals surface area contributed by atoms with Crippen LogP contribution in [-0.2, 0) is 11.0 Å². The fraction of sp³-hybridized carbons (Fsp3) is 0.308. The zero-order valence-electron chi connectivity index (χ0n) is 10.1. The largest absolute Gasteiger partial charge is 0.234 e. The van der Waals surface area contributed by atoms with E-state index in [0.717, 1.165) is 5.56 Å². The van der Waals surface area contributed by atoms with Crippen LogP contribution in [-0.4, -0.2) is 15.2 Å². The van der Waals surface area contributed by atoms with Crippen molar-refractivity contribution in [2.45, 2.75) is 25.5 Å². The van der Waals surface area contributed by atoms with E-state index in [-0.39, 0.29) is 4.75 Å². The lowest BCUT2D eigenvalue weighted by Crippen LogP contribution is -2.19. The van der Waals surface area contributed by atoms with Crippen LogP contribution in [0.15, 0.2) is 34.0 Å². The molecule has 2 aromatic rings. The molecule has 0 N–H and O–H groups in total. The van der Waals surface area contributed by atoms with E-state index in [0.29, 0.717) is 0 Å². The Balaban J connectivity index is 2.33. The fourth-order valence-electron chi connectivity index (χ4n) is 1.38. The van der Waals surface area contributed by atoms with E-state index in [1.165, 1.54) is 10.1 Å². The zero-order valence-corrected chi connectivity index (χ0v) is 11.8. The average molecular weight is 265 g/mol. The molecule has 1 atom stereocenters. The van der Waals surface area contributed by atoms with Gasteiger partial charge in [0, 0.05) is 16.5 Å². The van der Waals surface area contributed by atoms with E-state index in [9.17, 15) is 4.21 Å². The number of hydrogen-bond donors (Lipinski definition) is 0. The topological polar surface area (TPSA) is 29.4 Å². The molecule has 1 aromatic carbocycles. The molecule has 17 heavy (non-hydrogen) atoms. The van der Waals surface area contributed by atoms with Gasteiger partial charge < -0.3 is 0 Å². The summed E-state index contributed by atoms with van der Waals surface area (Å²) in [5.41, 5.74) is 1.04. The van der Waals surface area contributed by atoms with E-state index in [4.69, 9.17) is 0 Å². The van der Waals surface area contributed by atoms with Crippen LogP contribution >= 0.6 is 11.3 Å². The molecule has 0 aliphatic heterocycles. The van der Waals surface area contributed by atoms with Gasteiger partial charge in [0.05, 0.1) is 4.75 Å². The summed E-state index contributed by atoms with van der Waals surface area (Å²) in [7, 11) is -1.19. The Labute approximate surface area is 108 Å². The highest BCUT2D eigenvalue weighted by Crippen LogP contribution is 2.23. The first-order valence-corrected chi connectivity index (χ1v) is 7.39. The van der Waals surface area contributed by atoms with Gasteiger partial charge >= 0.3 is 0 Å². The third kappa shape index (κ3) is 2.82. The number of nitrogens with zero attached hydrogens (tertiary/aromatic N) is 1. The average Bonchev–Trinajstić information content (AvgIpc) is 2.72. The molecule has 1 aromatic heterocycles. The normalized spacial score (nSPS) is 14.5. The Morgan fingerprint density at radius 2 is 2.06 bits per heavy atom. The minimum atomic E-state index is -1.19. The molecule has 0 spiro atoms. The van der Waals surface area contributed by atoms with Crippen molar-refractivity contribution < 1.29 is 4.21 Å². The molecule has 1 heterocycles. The molecule has 90 valence electrons. The van der Waals surface area contributed by atoms with Crippen LogP contribution in [0.4, 0.5) is 0 Å². The second-order valence-corrected chi connectivity index (χ2v) is 7.63. The van der Waals surface area contributed by atoms with Gasteiger partial charge in [-0.1, -0.05) is 18.2 Å². The Morgan fingerprint density at radius 3 is 2.76 bits per heavy atom. The molecular weight excluding hydrogens is 250 g/mol. The number of benzene rings is 1. The van der Waals surface area contributed by atoms with Gasteiger partial charge in [0.25, 0.3) is 0 Å². The molecule has 0 radical (unpaired) electrons. The van der Waals surface area contributed by atoms with E-state index >= 15 is 0 Å². The minimum absolute atomic E-state index is 0.306. The molecule has 0 amide bonds. The fourth-order valence-corrected chi connectivity index (χ4v) is 2.79. The molecule has 2 rings (SSSR count). The number of hydrogen-bond acceptors (Lipinski definition) is 2. The summed E-state index contributed by atoms with van der Waals surface area (Å²) in [5.74, 6) is 0. The summed E-state index contributed by atoms with van der Waals surface area (Å²) in [6.45, 7) is 5.77. The van der Waals surface area contributed by atoms with Gasteiger partial charge in [0.1, 0.15) is 11.0 Å². The van der Waals surface area contributed by atoms with E-state index < -0.39 is 11.0 Å². The van der Waals surface area contributed by atoms with Gasteiger partial charge in [0.15, 0.2) is 0 Å². The van der Waals surface area contributed by atoms with E-state index in [2.05, 4.69) is 21.9 Å². The van der Waals surface area contributed by atoms with Gasteiger partial charge in [-0.25, -0.2) is 4.21 Å². The first kappa shape index (κ1) is 12.5. The Kier molecular flexibility index (Phi) is 3.45. The summed E-state index contributed by atoms with van der Waals surface area (Å²) in [4.78, 5) is 0. The maximum Gasteiger partial charge on any atom is 0.144 e. The molecule has 0 aliphatic rings. The first-order valence-electron chi connectivity index (χ1n) is 5.41. The molecule has 0 saturated carbocycles. The van der Waals surface area contributed by atoms with Gasteiger partial charge in [-0.2, -0.15) is 4.40 Å². The molecule has 0 aliphatic carbocycles. The van der Waals surface area contributed by atoms with Crippen LogP contribution in [0.25, 0.3) is 10.1 Å². The Bertz CT molecular complexity index is 578. The molecule has 0 saturated heterocycles. The smallest absolute Gasteiger partial charge is 0.144 e. The quantitative estimate of drug-likeness (QED) is 0.760. The second-order valence-electron chi connectivity index (χ2n) is 4.78. The second kappa shape index (κ2) is 4.70. The number of thiophene rings is 1. The molecule has 1 unspecified atom stereocenters. The van der Waals surface area contributed by atoms with Crippen molar-refractivity contribution in [3.05, 3.63) is 35.2 Å². The monoisotopic (exact) mass is 265 g/mol. The summed E-state index contributed by atoms with van der Waals surface area (Å²) < 4.78 is 16.9. The van der Waals surface area contributed by atoms with Crippen molar-refractivity contribution in [1.82, 2.24) is 0 Å². The maximum atomic E-state index is 11.8. The minimum Gasteiger partial charge on any atom is -0.234 e.